The second kappa shape index (κ2) is 10.9. The van der Waals surface area contributed by atoms with Crippen LogP contribution >= 0.6 is 11.3 Å². The van der Waals surface area contributed by atoms with Crippen molar-refractivity contribution in [1.82, 2.24) is 29.8 Å². The number of rotatable bonds is 4. The molecule has 1 spiro atoms. The summed E-state index contributed by atoms with van der Waals surface area (Å²) in [5.74, 6) is 2.84. The number of ether oxygens (including phenoxy) is 2. The predicted molar refractivity (Wildman–Crippen MR) is 178 cm³/mol. The van der Waals surface area contributed by atoms with E-state index >= 15 is 0 Å². The van der Waals surface area contributed by atoms with E-state index in [1.807, 2.05) is 0 Å². The minimum absolute atomic E-state index is 0.0873. The number of nitrogens with zero attached hydrogens (tertiary/aromatic N) is 8. The number of thiophene rings is 1. The third-order valence-electron chi connectivity index (χ3n) is 11.6. The molecule has 5 aliphatic rings. The summed E-state index contributed by atoms with van der Waals surface area (Å²) in [4.78, 5) is 16.6. The second-order valence-corrected chi connectivity index (χ2v) is 15.3. The minimum Gasteiger partial charge on any atom is -0.474 e. The average Bonchev–Trinajstić information content (AvgIpc) is 3.89. The molecule has 4 aromatic heterocycles. The first kappa shape index (κ1) is 29.4. The number of aromatic nitrogens is 5. The van der Waals surface area contributed by atoms with E-state index in [2.05, 4.69) is 41.4 Å². The predicted octanol–water partition coefficient (Wildman–Crippen LogP) is 4.99. The summed E-state index contributed by atoms with van der Waals surface area (Å²) in [6.07, 6.45) is 8.94. The van der Waals surface area contributed by atoms with Gasteiger partial charge in [0.1, 0.15) is 28.9 Å². The summed E-state index contributed by atoms with van der Waals surface area (Å²) >= 11 is 1.56. The van der Waals surface area contributed by atoms with Gasteiger partial charge in [-0.3, -0.25) is 0 Å². The van der Waals surface area contributed by atoms with Gasteiger partial charge in [-0.1, -0.05) is 5.16 Å². The Labute approximate surface area is 277 Å². The maximum absolute atomic E-state index is 10.2. The molecule has 13 heteroatoms. The second-order valence-electron chi connectivity index (χ2n) is 14.2. The van der Waals surface area contributed by atoms with Gasteiger partial charge in [0.05, 0.1) is 42.3 Å². The van der Waals surface area contributed by atoms with Gasteiger partial charge in [-0.2, -0.15) is 5.26 Å². The topological polar surface area (TPSA) is 144 Å². The largest absolute Gasteiger partial charge is 0.474 e. The lowest BCUT2D eigenvalue weighted by atomic mass is 9.63. The number of hydrogen-bond acceptors (Lipinski definition) is 12. The number of nitrogen functional groups attached to an aromatic ring is 1. The molecule has 0 saturated carbocycles. The Hall–Kier alpha value is -3.73. The lowest BCUT2D eigenvalue weighted by Crippen LogP contribution is -2.39. The van der Waals surface area contributed by atoms with E-state index < -0.39 is 5.41 Å². The number of fused-ring (bicyclic) bond motifs is 4. The zero-order valence-corrected chi connectivity index (χ0v) is 28.1. The Morgan fingerprint density at radius 3 is 2.77 bits per heavy atom. The zero-order chi connectivity index (χ0) is 32.0. The molecular weight excluding hydrogens is 615 g/mol. The van der Waals surface area contributed by atoms with Crippen LogP contribution in [0.4, 0.5) is 10.8 Å². The van der Waals surface area contributed by atoms with Gasteiger partial charge < -0.3 is 29.5 Å². The highest BCUT2D eigenvalue weighted by Gasteiger charge is 2.49. The van der Waals surface area contributed by atoms with Crippen LogP contribution in [0.3, 0.4) is 0 Å². The van der Waals surface area contributed by atoms with Crippen LogP contribution in [0.15, 0.2) is 4.52 Å². The maximum Gasteiger partial charge on any atom is 0.246 e. The Morgan fingerprint density at radius 2 is 2.00 bits per heavy atom. The van der Waals surface area contributed by atoms with Crippen LogP contribution in [0, 0.1) is 11.3 Å². The first-order chi connectivity index (χ1) is 22.9. The smallest absolute Gasteiger partial charge is 0.246 e. The molecule has 4 aromatic rings. The van der Waals surface area contributed by atoms with Crippen LogP contribution in [0.2, 0.25) is 0 Å². The normalized spacial score (nSPS) is 27.9. The monoisotopic (exact) mass is 655 g/mol. The Balaban J connectivity index is 1.23. The standard InChI is InChI=1S/C34H41N9O3S/c1-18-15-20(17-45-18)42-13-14-44-33-25-31(42)37-30(38-32(25)43(39-33)19(2)23-8-6-12-41(23)3)27-21-7-4-10-34(28(21)46-40-27)11-5-9-24-26(34)22(16-35)29(36)47-24/h18-20,23H,4-15,17,36H2,1-3H3/t18-,19+,20+,23+,34+/m1/s1. The van der Waals surface area contributed by atoms with Gasteiger partial charge in [-0.25, -0.2) is 14.6 Å². The Bertz CT molecular complexity index is 1920. The van der Waals surface area contributed by atoms with Gasteiger partial charge >= 0.3 is 0 Å². The van der Waals surface area contributed by atoms with E-state index in [1.165, 1.54) is 11.3 Å². The van der Waals surface area contributed by atoms with Crippen molar-refractivity contribution in [2.45, 2.75) is 101 Å². The highest BCUT2D eigenvalue weighted by Crippen LogP contribution is 2.55. The van der Waals surface area contributed by atoms with Crippen molar-refractivity contribution in [3.8, 4) is 23.5 Å². The molecule has 0 amide bonds. The van der Waals surface area contributed by atoms with Gasteiger partial charge in [-0.15, -0.1) is 16.4 Å². The summed E-state index contributed by atoms with van der Waals surface area (Å²) < 4.78 is 20.8. The molecule has 0 bridgehead atoms. The van der Waals surface area contributed by atoms with Gasteiger partial charge in [0.2, 0.25) is 5.88 Å². The van der Waals surface area contributed by atoms with Gasteiger partial charge in [0, 0.05) is 16.5 Å². The zero-order valence-electron chi connectivity index (χ0n) is 27.3. The van der Waals surface area contributed by atoms with E-state index in [0.717, 1.165) is 91.6 Å². The molecule has 0 unspecified atom stereocenters. The summed E-state index contributed by atoms with van der Waals surface area (Å²) in [7, 11) is 2.20. The fourth-order valence-electron chi connectivity index (χ4n) is 9.33. The third-order valence-corrected chi connectivity index (χ3v) is 12.6. The van der Waals surface area contributed by atoms with Crippen molar-refractivity contribution >= 4 is 33.2 Å². The fourth-order valence-corrected chi connectivity index (χ4v) is 10.5. The van der Waals surface area contributed by atoms with Crippen LogP contribution in [0.1, 0.15) is 92.2 Å². The Morgan fingerprint density at radius 1 is 1.15 bits per heavy atom. The molecular formula is C34H41N9O3S. The van der Waals surface area contributed by atoms with Gasteiger partial charge in [0.25, 0.3) is 0 Å². The number of anilines is 2. The lowest BCUT2D eigenvalue weighted by molar-refractivity contribution is 0.123. The van der Waals surface area contributed by atoms with Crippen molar-refractivity contribution in [1.29, 1.82) is 5.26 Å². The van der Waals surface area contributed by atoms with E-state index in [1.54, 1.807) is 11.3 Å². The average molecular weight is 656 g/mol. The molecule has 5 atom stereocenters. The van der Waals surface area contributed by atoms with Crippen molar-refractivity contribution in [2.75, 3.05) is 44.0 Å². The molecule has 2 fully saturated rings. The molecule has 2 aliphatic carbocycles. The molecule has 246 valence electrons. The quantitative estimate of drug-likeness (QED) is 0.318. The van der Waals surface area contributed by atoms with E-state index in [0.29, 0.717) is 53.8 Å². The fraction of sp³-hybridized carbons (Fsp3) is 0.618. The molecule has 7 heterocycles. The SMILES string of the molecule is C[C@@H]1C[C@H](N2CCOc3nn([C@@H](C)[C@@H]4CCCN4C)c4nc(-c5noc6c5CCC[C@@]65CCCc6sc(N)c(C#N)c65)nc2c34)CO1. The molecule has 3 aliphatic heterocycles. The van der Waals surface area contributed by atoms with E-state index in [9.17, 15) is 5.26 Å². The summed E-state index contributed by atoms with van der Waals surface area (Å²) in [6, 6.07) is 3.04. The van der Waals surface area contributed by atoms with Crippen LogP contribution in [0.25, 0.3) is 22.6 Å². The highest BCUT2D eigenvalue weighted by molar-refractivity contribution is 7.16. The van der Waals surface area contributed by atoms with Gasteiger partial charge in [-0.05, 0) is 90.8 Å². The molecule has 2 saturated heterocycles. The maximum atomic E-state index is 10.2. The molecule has 0 aromatic carbocycles. The van der Waals surface area contributed by atoms with Crippen LogP contribution in [-0.2, 0) is 23.0 Å². The van der Waals surface area contributed by atoms with Crippen LogP contribution in [0.5, 0.6) is 5.88 Å². The van der Waals surface area contributed by atoms with Crippen LogP contribution < -0.4 is 15.4 Å². The first-order valence-corrected chi connectivity index (χ1v) is 18.0. The number of aryl methyl sites for hydroxylation is 1. The first-order valence-electron chi connectivity index (χ1n) is 17.2. The highest BCUT2D eigenvalue weighted by atomic mass is 32.1. The number of nitrogens with two attached hydrogens (primary N) is 1. The number of likely N-dealkylation sites (N-methyl/N-ethyl adjacent to an activating group) is 1. The van der Waals surface area contributed by atoms with E-state index in [-0.39, 0.29) is 18.2 Å². The minimum atomic E-state index is -0.408. The van der Waals surface area contributed by atoms with Crippen molar-refractivity contribution in [3.05, 3.63) is 27.3 Å². The molecule has 0 radical (unpaired) electrons. The summed E-state index contributed by atoms with van der Waals surface area (Å²) in [5.41, 5.74) is 10.2. The summed E-state index contributed by atoms with van der Waals surface area (Å²) in [5, 5.41) is 21.5. The van der Waals surface area contributed by atoms with Gasteiger partial charge in [0.15, 0.2) is 22.9 Å². The molecule has 2 N–H and O–H groups in total. The van der Waals surface area contributed by atoms with Crippen molar-refractivity contribution < 1.29 is 14.0 Å². The van der Waals surface area contributed by atoms with E-state index in [4.69, 9.17) is 40.0 Å². The number of hydrogen-bond donors (Lipinski definition) is 1. The van der Waals surface area contributed by atoms with Crippen molar-refractivity contribution in [3.63, 3.8) is 0 Å². The number of likely N-dealkylation sites (tertiary alicyclic amines) is 1. The molecule has 47 heavy (non-hydrogen) atoms. The van der Waals surface area contributed by atoms with Crippen molar-refractivity contribution in [2.24, 2.45) is 0 Å². The van der Waals surface area contributed by atoms with Crippen LogP contribution in [-0.4, -0.2) is 81.3 Å². The lowest BCUT2D eigenvalue weighted by Gasteiger charge is -2.39. The molecule has 9 rings (SSSR count). The third kappa shape index (κ3) is 4.30. The summed E-state index contributed by atoms with van der Waals surface area (Å²) in [6.45, 7) is 7.28. The molecule has 12 nitrogen and oxygen atoms in total. The Kier molecular flexibility index (Phi) is 6.82. The number of nitriles is 1.